The number of β-amino-alcohol motifs (C(OH)–C–C–N with tert-alkyl or cyclic N) is 1. The smallest absolute Gasteiger partial charge is 0.254 e. The van der Waals surface area contributed by atoms with E-state index in [2.05, 4.69) is 0 Å². The number of nitrogen functional groups attached to an aromatic ring is 1. The lowest BCUT2D eigenvalue weighted by molar-refractivity contribution is 0.0572. The molecule has 7 heteroatoms. The van der Waals surface area contributed by atoms with E-state index in [9.17, 15) is 18.7 Å². The van der Waals surface area contributed by atoms with Crippen LogP contribution in [-0.4, -0.2) is 34.6 Å². The Kier molecular flexibility index (Phi) is 3.42. The van der Waals surface area contributed by atoms with E-state index in [1.165, 1.54) is 4.90 Å². The molecule has 0 radical (unpaired) electrons. The van der Waals surface area contributed by atoms with Gasteiger partial charge in [0.1, 0.15) is 5.69 Å². The molecule has 1 aliphatic rings. The SMILES string of the molecule is CC1(O)CCN(C(=O)c2cc(F)c(NN)c(F)c2)C1. The van der Waals surface area contributed by atoms with Gasteiger partial charge in [-0.05, 0) is 25.5 Å². The van der Waals surface area contributed by atoms with Crippen LogP contribution in [0, 0.1) is 11.6 Å². The molecule has 1 atom stereocenters. The van der Waals surface area contributed by atoms with Gasteiger partial charge in [-0.25, -0.2) is 8.78 Å². The zero-order chi connectivity index (χ0) is 14.2. The summed E-state index contributed by atoms with van der Waals surface area (Å²) in [6.45, 7) is 2.11. The van der Waals surface area contributed by atoms with Gasteiger partial charge in [-0.3, -0.25) is 10.6 Å². The van der Waals surface area contributed by atoms with Crippen molar-refractivity contribution in [2.75, 3.05) is 18.5 Å². The van der Waals surface area contributed by atoms with Crippen LogP contribution in [0.1, 0.15) is 23.7 Å². The number of nitrogens with one attached hydrogen (secondary N) is 1. The normalized spacial score (nSPS) is 22.7. The van der Waals surface area contributed by atoms with Crippen molar-refractivity contribution in [1.82, 2.24) is 4.90 Å². The first-order valence-electron chi connectivity index (χ1n) is 5.81. The Morgan fingerprint density at radius 3 is 2.47 bits per heavy atom. The lowest BCUT2D eigenvalue weighted by atomic mass is 10.1. The van der Waals surface area contributed by atoms with Crippen molar-refractivity contribution in [3.63, 3.8) is 0 Å². The Labute approximate surface area is 109 Å². The van der Waals surface area contributed by atoms with Crippen LogP contribution >= 0.6 is 0 Å². The molecule has 19 heavy (non-hydrogen) atoms. The molecule has 0 spiro atoms. The quantitative estimate of drug-likeness (QED) is 0.550. The van der Waals surface area contributed by atoms with Gasteiger partial charge in [0.2, 0.25) is 0 Å². The Morgan fingerprint density at radius 1 is 1.47 bits per heavy atom. The van der Waals surface area contributed by atoms with Gasteiger partial charge in [-0.1, -0.05) is 0 Å². The predicted octanol–water partition coefficient (Wildman–Crippen LogP) is 0.847. The molecule has 0 aliphatic carbocycles. The van der Waals surface area contributed by atoms with Crippen LogP contribution in [0.5, 0.6) is 0 Å². The van der Waals surface area contributed by atoms with E-state index >= 15 is 0 Å². The first kappa shape index (κ1) is 13.7. The summed E-state index contributed by atoms with van der Waals surface area (Å²) in [7, 11) is 0. The van der Waals surface area contributed by atoms with E-state index in [1.807, 2.05) is 5.43 Å². The Bertz CT molecular complexity index is 497. The molecular formula is C12H15F2N3O2. The minimum absolute atomic E-state index is 0.105. The summed E-state index contributed by atoms with van der Waals surface area (Å²) in [6, 6.07) is 1.85. The lowest BCUT2D eigenvalue weighted by Gasteiger charge is -2.19. The number of likely N-dealkylation sites (tertiary alicyclic amines) is 1. The third-order valence-electron chi connectivity index (χ3n) is 3.17. The third-order valence-corrected chi connectivity index (χ3v) is 3.17. The summed E-state index contributed by atoms with van der Waals surface area (Å²) in [4.78, 5) is 13.4. The molecule has 0 saturated carbocycles. The number of nitrogens with zero attached hydrogens (tertiary/aromatic N) is 1. The van der Waals surface area contributed by atoms with Crippen LogP contribution in [0.4, 0.5) is 14.5 Å². The highest BCUT2D eigenvalue weighted by atomic mass is 19.1. The molecule has 2 rings (SSSR count). The molecule has 0 bridgehead atoms. The monoisotopic (exact) mass is 271 g/mol. The largest absolute Gasteiger partial charge is 0.388 e. The standard InChI is InChI=1S/C12H15F2N3O2/c1-12(19)2-3-17(6-12)11(18)7-4-8(13)10(16-15)9(14)5-7/h4-5,16,19H,2-3,6,15H2,1H3. The molecule has 4 N–H and O–H groups in total. The fraction of sp³-hybridized carbons (Fsp3) is 0.417. The van der Waals surface area contributed by atoms with E-state index in [0.29, 0.717) is 13.0 Å². The molecule has 5 nitrogen and oxygen atoms in total. The number of halogens is 2. The predicted molar refractivity (Wildman–Crippen MR) is 65.3 cm³/mol. The van der Waals surface area contributed by atoms with Crippen LogP contribution in [0.25, 0.3) is 0 Å². The van der Waals surface area contributed by atoms with Crippen LogP contribution < -0.4 is 11.3 Å². The van der Waals surface area contributed by atoms with Crippen LogP contribution in [0.3, 0.4) is 0 Å². The molecule has 1 amide bonds. The minimum atomic E-state index is -0.953. The van der Waals surface area contributed by atoms with Crippen LogP contribution in [0.15, 0.2) is 12.1 Å². The fourth-order valence-electron chi connectivity index (χ4n) is 2.14. The second-order valence-corrected chi connectivity index (χ2v) is 4.93. The number of benzene rings is 1. The minimum Gasteiger partial charge on any atom is -0.388 e. The van der Waals surface area contributed by atoms with Gasteiger partial charge in [0.15, 0.2) is 11.6 Å². The number of nitrogens with two attached hydrogens (primary N) is 1. The highest BCUT2D eigenvalue weighted by Gasteiger charge is 2.34. The van der Waals surface area contributed by atoms with Gasteiger partial charge in [0.05, 0.1) is 5.60 Å². The van der Waals surface area contributed by atoms with Crippen LogP contribution in [-0.2, 0) is 0 Å². The summed E-state index contributed by atoms with van der Waals surface area (Å²) in [5, 5.41) is 9.78. The maximum atomic E-state index is 13.5. The van der Waals surface area contributed by atoms with E-state index < -0.39 is 28.8 Å². The number of hydrogen-bond donors (Lipinski definition) is 3. The van der Waals surface area contributed by atoms with E-state index in [-0.39, 0.29) is 12.1 Å². The van der Waals surface area contributed by atoms with Crippen LogP contribution in [0.2, 0.25) is 0 Å². The van der Waals surface area contributed by atoms with Gasteiger partial charge in [0.25, 0.3) is 5.91 Å². The number of anilines is 1. The zero-order valence-electron chi connectivity index (χ0n) is 10.4. The number of carbonyl (C=O) groups is 1. The van der Waals surface area contributed by atoms with E-state index in [0.717, 1.165) is 12.1 Å². The second kappa shape index (κ2) is 4.75. The fourth-order valence-corrected chi connectivity index (χ4v) is 2.14. The molecule has 1 aromatic rings. The first-order chi connectivity index (χ1) is 8.84. The molecule has 104 valence electrons. The number of rotatable bonds is 2. The van der Waals surface area contributed by atoms with Gasteiger partial charge in [-0.15, -0.1) is 0 Å². The third kappa shape index (κ3) is 2.66. The lowest BCUT2D eigenvalue weighted by Crippen LogP contribution is -2.34. The maximum absolute atomic E-state index is 13.5. The van der Waals surface area contributed by atoms with Crippen molar-refractivity contribution in [2.45, 2.75) is 18.9 Å². The Morgan fingerprint density at radius 2 is 2.05 bits per heavy atom. The molecule has 1 unspecified atom stereocenters. The second-order valence-electron chi connectivity index (χ2n) is 4.93. The molecule has 1 aliphatic heterocycles. The van der Waals surface area contributed by atoms with E-state index in [4.69, 9.17) is 5.84 Å². The van der Waals surface area contributed by atoms with Gasteiger partial charge in [0, 0.05) is 18.7 Å². The molecule has 0 aromatic heterocycles. The summed E-state index contributed by atoms with van der Waals surface area (Å²) in [5.41, 5.74) is 0.358. The van der Waals surface area contributed by atoms with Crippen molar-refractivity contribution in [3.05, 3.63) is 29.3 Å². The average molecular weight is 271 g/mol. The number of carbonyl (C=O) groups excluding carboxylic acids is 1. The summed E-state index contributed by atoms with van der Waals surface area (Å²) in [5.74, 6) is 2.60. The number of amides is 1. The summed E-state index contributed by atoms with van der Waals surface area (Å²) in [6.07, 6.45) is 0.437. The van der Waals surface area contributed by atoms with Crippen molar-refractivity contribution in [1.29, 1.82) is 0 Å². The highest BCUT2D eigenvalue weighted by Crippen LogP contribution is 2.24. The molecule has 1 heterocycles. The number of hydrogen-bond acceptors (Lipinski definition) is 4. The first-order valence-corrected chi connectivity index (χ1v) is 5.81. The zero-order valence-corrected chi connectivity index (χ0v) is 10.4. The maximum Gasteiger partial charge on any atom is 0.254 e. The summed E-state index contributed by atoms with van der Waals surface area (Å²) < 4.78 is 27.0. The Hall–Kier alpha value is -1.73. The number of hydrazine groups is 1. The molecule has 1 aromatic carbocycles. The van der Waals surface area contributed by atoms with Gasteiger partial charge in [-0.2, -0.15) is 0 Å². The van der Waals surface area contributed by atoms with E-state index in [1.54, 1.807) is 6.92 Å². The van der Waals surface area contributed by atoms with Crippen molar-refractivity contribution in [2.24, 2.45) is 5.84 Å². The van der Waals surface area contributed by atoms with Crippen molar-refractivity contribution >= 4 is 11.6 Å². The number of aliphatic hydroxyl groups is 1. The van der Waals surface area contributed by atoms with Gasteiger partial charge < -0.3 is 15.4 Å². The highest BCUT2D eigenvalue weighted by molar-refractivity contribution is 5.95. The topological polar surface area (TPSA) is 78.6 Å². The molecular weight excluding hydrogens is 256 g/mol. The average Bonchev–Trinajstić information content (AvgIpc) is 2.68. The molecule has 1 saturated heterocycles. The van der Waals surface area contributed by atoms with Gasteiger partial charge >= 0.3 is 0 Å². The molecule has 1 fully saturated rings. The van der Waals surface area contributed by atoms with Crippen molar-refractivity contribution in [3.8, 4) is 0 Å². The van der Waals surface area contributed by atoms with Crippen molar-refractivity contribution < 1.29 is 18.7 Å². The summed E-state index contributed by atoms with van der Waals surface area (Å²) >= 11 is 0. The Balaban J connectivity index is 2.26.